The second kappa shape index (κ2) is 8.96. The molecule has 0 aliphatic carbocycles. The topological polar surface area (TPSA) is 85.1 Å². The Morgan fingerprint density at radius 2 is 1.96 bits per heavy atom. The molecule has 1 aromatic carbocycles. The lowest BCUT2D eigenvalue weighted by molar-refractivity contribution is -0.116. The van der Waals surface area contributed by atoms with Crippen LogP contribution in [0.5, 0.6) is 0 Å². The van der Waals surface area contributed by atoms with Crippen LogP contribution in [0.15, 0.2) is 51.4 Å². The Kier molecular flexibility index (Phi) is 6.41. The third-order valence-corrected chi connectivity index (χ3v) is 5.23. The molecule has 0 radical (unpaired) electrons. The summed E-state index contributed by atoms with van der Waals surface area (Å²) in [5.41, 5.74) is 1.25. The zero-order chi connectivity index (χ0) is 19.2. The molecule has 0 spiro atoms. The van der Waals surface area contributed by atoms with Crippen LogP contribution in [0.3, 0.4) is 0 Å². The number of thioether (sulfide) groups is 1. The van der Waals surface area contributed by atoms with E-state index in [2.05, 4.69) is 15.5 Å². The summed E-state index contributed by atoms with van der Waals surface area (Å²) in [5.74, 6) is 0.883. The number of anilines is 1. The van der Waals surface area contributed by atoms with E-state index in [1.165, 1.54) is 23.1 Å². The lowest BCUT2D eigenvalue weighted by Gasteiger charge is -2.07. The zero-order valence-electron chi connectivity index (χ0n) is 15.0. The average Bonchev–Trinajstić information content (AvgIpc) is 3.31. The first-order valence-electron chi connectivity index (χ1n) is 8.44. The summed E-state index contributed by atoms with van der Waals surface area (Å²) in [6.07, 6.45) is 0.467. The van der Waals surface area contributed by atoms with Crippen molar-refractivity contribution in [3.05, 3.63) is 47.3 Å². The number of hydrogen-bond donors (Lipinski definition) is 1. The Hall–Kier alpha value is -2.45. The average molecular weight is 402 g/mol. The van der Waals surface area contributed by atoms with E-state index in [-0.39, 0.29) is 17.4 Å². The molecule has 140 valence electrons. The van der Waals surface area contributed by atoms with Gasteiger partial charge in [-0.1, -0.05) is 31.7 Å². The highest BCUT2D eigenvalue weighted by Gasteiger charge is 2.13. The van der Waals surface area contributed by atoms with Crippen LogP contribution in [0.2, 0.25) is 0 Å². The molecule has 0 aliphatic heterocycles. The smallest absolute Gasteiger partial charge is 0.277 e. The molecular weight excluding hydrogens is 382 g/mol. The van der Waals surface area contributed by atoms with Gasteiger partial charge in [-0.3, -0.25) is 9.59 Å². The van der Waals surface area contributed by atoms with E-state index >= 15 is 0 Å². The predicted molar refractivity (Wildman–Crippen MR) is 107 cm³/mol. The molecule has 0 aliphatic rings. The standard InChI is InChI=1S/C19H19N3O3S2/c1-12(2)10-17(24)20-14-7-5-13(6-8-14)15(23)11-27-19-22-21-18(25-19)16-4-3-9-26-16/h3-9,12H,10-11H2,1-2H3,(H,20,24). The van der Waals surface area contributed by atoms with E-state index in [0.717, 1.165) is 4.88 Å². The molecule has 2 aromatic heterocycles. The quantitative estimate of drug-likeness (QED) is 0.433. The van der Waals surface area contributed by atoms with Crippen molar-refractivity contribution in [3.63, 3.8) is 0 Å². The van der Waals surface area contributed by atoms with Gasteiger partial charge in [-0.2, -0.15) is 0 Å². The Morgan fingerprint density at radius 1 is 1.19 bits per heavy atom. The van der Waals surface area contributed by atoms with Crippen molar-refractivity contribution in [3.8, 4) is 10.8 Å². The molecule has 27 heavy (non-hydrogen) atoms. The summed E-state index contributed by atoms with van der Waals surface area (Å²) in [7, 11) is 0. The lowest BCUT2D eigenvalue weighted by Crippen LogP contribution is -2.14. The number of carbonyl (C=O) groups is 2. The van der Waals surface area contributed by atoms with Gasteiger partial charge < -0.3 is 9.73 Å². The fourth-order valence-corrected chi connectivity index (χ4v) is 3.60. The van der Waals surface area contributed by atoms with Gasteiger partial charge in [0.2, 0.25) is 5.91 Å². The van der Waals surface area contributed by atoms with Gasteiger partial charge in [0.25, 0.3) is 11.1 Å². The van der Waals surface area contributed by atoms with Gasteiger partial charge in [0.15, 0.2) is 5.78 Å². The Bertz CT molecular complexity index is 903. The normalized spacial score (nSPS) is 10.9. The Labute approximate surface area is 165 Å². The summed E-state index contributed by atoms with van der Waals surface area (Å²) in [6, 6.07) is 10.7. The van der Waals surface area contributed by atoms with Crippen LogP contribution in [0.1, 0.15) is 30.6 Å². The molecule has 3 rings (SSSR count). The van der Waals surface area contributed by atoms with Gasteiger partial charge >= 0.3 is 0 Å². The molecule has 0 fully saturated rings. The summed E-state index contributed by atoms with van der Waals surface area (Å²) in [6.45, 7) is 3.98. The molecule has 6 nitrogen and oxygen atoms in total. The van der Waals surface area contributed by atoms with Crippen molar-refractivity contribution < 1.29 is 14.0 Å². The number of nitrogens with zero attached hydrogens (tertiary/aromatic N) is 2. The first-order valence-corrected chi connectivity index (χ1v) is 10.3. The molecule has 2 heterocycles. The summed E-state index contributed by atoms with van der Waals surface area (Å²) in [4.78, 5) is 25.0. The van der Waals surface area contributed by atoms with Crippen molar-refractivity contribution in [1.29, 1.82) is 0 Å². The van der Waals surface area contributed by atoms with Gasteiger partial charge in [0.05, 0.1) is 10.6 Å². The van der Waals surface area contributed by atoms with Gasteiger partial charge in [0.1, 0.15) is 0 Å². The van der Waals surface area contributed by atoms with Crippen LogP contribution in [0, 0.1) is 5.92 Å². The molecule has 0 saturated heterocycles. The maximum Gasteiger partial charge on any atom is 0.277 e. The summed E-state index contributed by atoms with van der Waals surface area (Å²) in [5, 5.41) is 13.1. The number of ketones is 1. The number of thiophene rings is 1. The van der Waals surface area contributed by atoms with Crippen molar-refractivity contribution in [1.82, 2.24) is 10.2 Å². The minimum atomic E-state index is -0.0454. The molecule has 1 amide bonds. The van der Waals surface area contributed by atoms with E-state index in [1.54, 1.807) is 24.3 Å². The number of carbonyl (C=O) groups excluding carboxylic acids is 2. The van der Waals surface area contributed by atoms with Crippen LogP contribution in [0.25, 0.3) is 10.8 Å². The molecule has 8 heteroatoms. The number of aromatic nitrogens is 2. The molecule has 0 bridgehead atoms. The van der Waals surface area contributed by atoms with Crippen LogP contribution in [-0.4, -0.2) is 27.6 Å². The second-order valence-electron chi connectivity index (χ2n) is 6.29. The molecule has 0 saturated carbocycles. The number of rotatable bonds is 8. The third-order valence-electron chi connectivity index (χ3n) is 3.55. The van der Waals surface area contributed by atoms with Crippen LogP contribution in [0.4, 0.5) is 5.69 Å². The van der Waals surface area contributed by atoms with E-state index in [0.29, 0.717) is 34.7 Å². The van der Waals surface area contributed by atoms with Gasteiger partial charge in [-0.05, 0) is 41.6 Å². The van der Waals surface area contributed by atoms with Gasteiger partial charge in [-0.25, -0.2) is 0 Å². The first kappa shape index (κ1) is 19.3. The number of benzene rings is 1. The predicted octanol–water partition coefficient (Wildman–Crippen LogP) is 4.76. The minimum Gasteiger partial charge on any atom is -0.410 e. The molecule has 0 unspecified atom stereocenters. The Balaban J connectivity index is 1.53. The Morgan fingerprint density at radius 3 is 2.63 bits per heavy atom. The zero-order valence-corrected chi connectivity index (χ0v) is 16.6. The highest BCUT2D eigenvalue weighted by molar-refractivity contribution is 7.99. The largest absolute Gasteiger partial charge is 0.410 e. The monoisotopic (exact) mass is 401 g/mol. The first-order chi connectivity index (χ1) is 13.0. The van der Waals surface area contributed by atoms with Crippen molar-refractivity contribution in [2.75, 3.05) is 11.1 Å². The van der Waals surface area contributed by atoms with Crippen LogP contribution in [-0.2, 0) is 4.79 Å². The highest BCUT2D eigenvalue weighted by atomic mass is 32.2. The molecular formula is C19H19N3O3S2. The lowest BCUT2D eigenvalue weighted by atomic mass is 10.1. The number of Topliss-reactive ketones (excluding diaryl/α,β-unsaturated/α-hetero) is 1. The SMILES string of the molecule is CC(C)CC(=O)Nc1ccc(C(=O)CSc2nnc(-c3cccs3)o2)cc1. The summed E-state index contributed by atoms with van der Waals surface area (Å²) < 4.78 is 5.56. The third kappa shape index (κ3) is 5.51. The van der Waals surface area contributed by atoms with E-state index in [1.807, 2.05) is 31.4 Å². The molecule has 1 N–H and O–H groups in total. The molecule has 3 aromatic rings. The van der Waals surface area contributed by atoms with E-state index < -0.39 is 0 Å². The fourth-order valence-electron chi connectivity index (χ4n) is 2.30. The van der Waals surface area contributed by atoms with Crippen molar-refractivity contribution in [2.24, 2.45) is 5.92 Å². The number of amides is 1. The van der Waals surface area contributed by atoms with Crippen LogP contribution >= 0.6 is 23.1 Å². The summed E-state index contributed by atoms with van der Waals surface area (Å²) >= 11 is 2.72. The fraction of sp³-hybridized carbons (Fsp3) is 0.263. The minimum absolute atomic E-state index is 0.0300. The van der Waals surface area contributed by atoms with Crippen molar-refractivity contribution in [2.45, 2.75) is 25.5 Å². The number of nitrogens with one attached hydrogen (secondary N) is 1. The number of hydrogen-bond acceptors (Lipinski definition) is 7. The van der Waals surface area contributed by atoms with Gasteiger partial charge in [0, 0.05) is 17.7 Å². The van der Waals surface area contributed by atoms with Gasteiger partial charge in [-0.15, -0.1) is 21.5 Å². The molecule has 0 atom stereocenters. The van der Waals surface area contributed by atoms with E-state index in [9.17, 15) is 9.59 Å². The van der Waals surface area contributed by atoms with Crippen molar-refractivity contribution >= 4 is 40.5 Å². The van der Waals surface area contributed by atoms with E-state index in [4.69, 9.17) is 4.42 Å². The second-order valence-corrected chi connectivity index (χ2v) is 8.16. The maximum atomic E-state index is 12.3. The highest BCUT2D eigenvalue weighted by Crippen LogP contribution is 2.26. The maximum absolute atomic E-state index is 12.3. The van der Waals surface area contributed by atoms with Crippen LogP contribution < -0.4 is 5.32 Å².